The number of ether oxygens (including phenoxy) is 1. The molecule has 3 unspecified atom stereocenters. The van der Waals surface area contributed by atoms with Crippen molar-refractivity contribution in [3.05, 3.63) is 0 Å². The van der Waals surface area contributed by atoms with Crippen molar-refractivity contribution in [3.8, 4) is 0 Å². The summed E-state index contributed by atoms with van der Waals surface area (Å²) in [7, 11) is 0. The third-order valence-electron chi connectivity index (χ3n) is 4.08. The minimum absolute atomic E-state index is 0.0104. The van der Waals surface area contributed by atoms with E-state index in [1.807, 2.05) is 6.92 Å². The van der Waals surface area contributed by atoms with E-state index in [2.05, 4.69) is 20.8 Å². The molecule has 2 heteroatoms. The van der Waals surface area contributed by atoms with E-state index < -0.39 is 0 Å². The van der Waals surface area contributed by atoms with Crippen molar-refractivity contribution in [3.63, 3.8) is 0 Å². The maximum atomic E-state index is 11.5. The second-order valence-corrected chi connectivity index (χ2v) is 5.56. The maximum absolute atomic E-state index is 11.5. The quantitative estimate of drug-likeness (QED) is 0.684. The number of hydrogen-bond acceptors (Lipinski definition) is 2. The molecule has 0 amide bonds. The molecule has 0 aromatic heterocycles. The minimum atomic E-state index is -0.0104. The highest BCUT2D eigenvalue weighted by molar-refractivity contribution is 5.69. The second-order valence-electron chi connectivity index (χ2n) is 5.56. The monoisotopic (exact) mass is 226 g/mol. The molecule has 0 aliphatic heterocycles. The summed E-state index contributed by atoms with van der Waals surface area (Å²) in [6.45, 7) is 9.25. The van der Waals surface area contributed by atoms with Crippen LogP contribution in [0.25, 0.3) is 0 Å². The highest BCUT2D eigenvalue weighted by atomic mass is 16.5. The lowest BCUT2D eigenvalue weighted by Crippen LogP contribution is -2.28. The van der Waals surface area contributed by atoms with Gasteiger partial charge >= 0.3 is 5.97 Å². The zero-order valence-corrected chi connectivity index (χ0v) is 11.2. The fourth-order valence-corrected chi connectivity index (χ4v) is 2.78. The topological polar surface area (TPSA) is 26.3 Å². The van der Waals surface area contributed by atoms with E-state index in [-0.39, 0.29) is 5.97 Å². The molecule has 94 valence electrons. The van der Waals surface area contributed by atoms with Crippen molar-refractivity contribution < 1.29 is 9.53 Å². The molecule has 1 saturated carbocycles. The molecule has 1 aliphatic carbocycles. The lowest BCUT2D eigenvalue weighted by Gasteiger charge is -2.35. The SMILES string of the molecule is CCOC(=O)CC1CC(C(C)C)CCC1C. The smallest absolute Gasteiger partial charge is 0.306 e. The van der Waals surface area contributed by atoms with Crippen LogP contribution < -0.4 is 0 Å². The largest absolute Gasteiger partial charge is 0.466 e. The van der Waals surface area contributed by atoms with Crippen LogP contribution in [-0.4, -0.2) is 12.6 Å². The van der Waals surface area contributed by atoms with Gasteiger partial charge in [-0.05, 0) is 43.4 Å². The molecule has 0 heterocycles. The van der Waals surface area contributed by atoms with Crippen molar-refractivity contribution in [2.75, 3.05) is 6.61 Å². The van der Waals surface area contributed by atoms with Crippen LogP contribution in [-0.2, 0) is 9.53 Å². The standard InChI is InChI=1S/C14H26O2/c1-5-16-14(15)9-13-8-12(10(2)3)7-6-11(13)4/h10-13H,5-9H2,1-4H3. The van der Waals surface area contributed by atoms with Gasteiger partial charge in [-0.3, -0.25) is 4.79 Å². The van der Waals surface area contributed by atoms with Gasteiger partial charge in [0.1, 0.15) is 0 Å². The Morgan fingerprint density at radius 3 is 2.62 bits per heavy atom. The molecule has 0 aromatic carbocycles. The van der Waals surface area contributed by atoms with Crippen molar-refractivity contribution in [1.82, 2.24) is 0 Å². The molecule has 0 radical (unpaired) electrons. The lowest BCUT2D eigenvalue weighted by molar-refractivity contribution is -0.145. The summed E-state index contributed by atoms with van der Waals surface area (Å²) in [5.41, 5.74) is 0. The average molecular weight is 226 g/mol. The Morgan fingerprint density at radius 1 is 1.38 bits per heavy atom. The van der Waals surface area contributed by atoms with E-state index >= 15 is 0 Å². The Bertz CT molecular complexity index is 223. The predicted molar refractivity (Wildman–Crippen MR) is 66.1 cm³/mol. The second kappa shape index (κ2) is 6.27. The summed E-state index contributed by atoms with van der Waals surface area (Å²) < 4.78 is 5.05. The Kier molecular flexibility index (Phi) is 5.30. The van der Waals surface area contributed by atoms with Crippen LogP contribution in [0.15, 0.2) is 0 Å². The first-order valence-corrected chi connectivity index (χ1v) is 6.70. The Hall–Kier alpha value is -0.530. The van der Waals surface area contributed by atoms with E-state index in [0.29, 0.717) is 24.9 Å². The first-order chi connectivity index (χ1) is 7.54. The van der Waals surface area contributed by atoms with Gasteiger partial charge in [0.15, 0.2) is 0 Å². The predicted octanol–water partition coefficient (Wildman–Crippen LogP) is 3.65. The minimum Gasteiger partial charge on any atom is -0.466 e. The van der Waals surface area contributed by atoms with Gasteiger partial charge < -0.3 is 4.74 Å². The molecule has 1 aliphatic rings. The van der Waals surface area contributed by atoms with Gasteiger partial charge in [0.05, 0.1) is 6.61 Å². The zero-order valence-electron chi connectivity index (χ0n) is 11.2. The highest BCUT2D eigenvalue weighted by Crippen LogP contribution is 2.38. The van der Waals surface area contributed by atoms with E-state index in [1.54, 1.807) is 0 Å². The Balaban J connectivity index is 2.46. The first kappa shape index (κ1) is 13.5. The molecule has 16 heavy (non-hydrogen) atoms. The van der Waals surface area contributed by atoms with Crippen LogP contribution >= 0.6 is 0 Å². The molecule has 0 spiro atoms. The molecule has 0 N–H and O–H groups in total. The summed E-state index contributed by atoms with van der Waals surface area (Å²) in [6.07, 6.45) is 4.43. The molecule has 0 saturated heterocycles. The van der Waals surface area contributed by atoms with E-state index in [4.69, 9.17) is 4.74 Å². The third kappa shape index (κ3) is 3.80. The first-order valence-electron chi connectivity index (χ1n) is 6.70. The normalized spacial score (nSPS) is 30.4. The molecular formula is C14H26O2. The number of carbonyl (C=O) groups excluding carboxylic acids is 1. The van der Waals surface area contributed by atoms with Crippen LogP contribution in [0.3, 0.4) is 0 Å². The van der Waals surface area contributed by atoms with Crippen molar-refractivity contribution in [1.29, 1.82) is 0 Å². The zero-order chi connectivity index (χ0) is 12.1. The number of rotatable bonds is 4. The van der Waals surface area contributed by atoms with E-state index in [0.717, 1.165) is 11.8 Å². The average Bonchev–Trinajstić information content (AvgIpc) is 2.21. The molecular weight excluding hydrogens is 200 g/mol. The molecule has 0 aromatic rings. The molecule has 1 rings (SSSR count). The summed E-state index contributed by atoms with van der Waals surface area (Å²) >= 11 is 0. The summed E-state index contributed by atoms with van der Waals surface area (Å²) in [4.78, 5) is 11.5. The van der Waals surface area contributed by atoms with Crippen molar-refractivity contribution >= 4 is 5.97 Å². The van der Waals surface area contributed by atoms with E-state index in [9.17, 15) is 4.79 Å². The lowest BCUT2D eigenvalue weighted by atomic mass is 9.70. The number of hydrogen-bond donors (Lipinski definition) is 0. The Morgan fingerprint density at radius 2 is 2.06 bits per heavy atom. The summed E-state index contributed by atoms with van der Waals surface area (Å²) in [6, 6.07) is 0. The highest BCUT2D eigenvalue weighted by Gasteiger charge is 2.30. The van der Waals surface area contributed by atoms with Gasteiger partial charge in [0.25, 0.3) is 0 Å². The van der Waals surface area contributed by atoms with Gasteiger partial charge in [0, 0.05) is 6.42 Å². The molecule has 0 bridgehead atoms. The number of carbonyl (C=O) groups is 1. The van der Waals surface area contributed by atoms with Gasteiger partial charge in [-0.15, -0.1) is 0 Å². The van der Waals surface area contributed by atoms with Crippen LogP contribution in [0, 0.1) is 23.7 Å². The summed E-state index contributed by atoms with van der Waals surface area (Å²) in [5.74, 6) is 2.76. The fourth-order valence-electron chi connectivity index (χ4n) is 2.78. The molecule has 1 fully saturated rings. The van der Waals surface area contributed by atoms with Gasteiger partial charge in [-0.1, -0.05) is 27.2 Å². The van der Waals surface area contributed by atoms with E-state index in [1.165, 1.54) is 19.3 Å². The fraction of sp³-hybridized carbons (Fsp3) is 0.929. The molecule has 3 atom stereocenters. The van der Waals surface area contributed by atoms with Crippen LogP contribution in [0.5, 0.6) is 0 Å². The van der Waals surface area contributed by atoms with Crippen molar-refractivity contribution in [2.45, 2.75) is 53.4 Å². The molecule has 2 nitrogen and oxygen atoms in total. The van der Waals surface area contributed by atoms with Gasteiger partial charge in [-0.25, -0.2) is 0 Å². The van der Waals surface area contributed by atoms with Gasteiger partial charge in [0.2, 0.25) is 0 Å². The van der Waals surface area contributed by atoms with Gasteiger partial charge in [-0.2, -0.15) is 0 Å². The third-order valence-corrected chi connectivity index (χ3v) is 4.08. The van der Waals surface area contributed by atoms with Crippen LogP contribution in [0.4, 0.5) is 0 Å². The van der Waals surface area contributed by atoms with Crippen LogP contribution in [0.2, 0.25) is 0 Å². The number of esters is 1. The van der Waals surface area contributed by atoms with Crippen molar-refractivity contribution in [2.24, 2.45) is 23.7 Å². The van der Waals surface area contributed by atoms with Crippen LogP contribution in [0.1, 0.15) is 53.4 Å². The Labute approximate surface area is 99.8 Å². The maximum Gasteiger partial charge on any atom is 0.306 e. The summed E-state index contributed by atoms with van der Waals surface area (Å²) in [5, 5.41) is 0.